The lowest BCUT2D eigenvalue weighted by atomic mass is 9.75. The number of benzene rings is 1. The van der Waals surface area contributed by atoms with Crippen LogP contribution in [0, 0.1) is 5.92 Å². The summed E-state index contributed by atoms with van der Waals surface area (Å²) in [5.74, 6) is 1.00. The molecule has 25 heavy (non-hydrogen) atoms. The molecule has 0 saturated heterocycles. The molecular formula is C24H33Br. The van der Waals surface area contributed by atoms with Gasteiger partial charge in [0, 0.05) is 10.4 Å². The molecule has 0 amide bonds. The summed E-state index contributed by atoms with van der Waals surface area (Å²) in [6.07, 6.45) is 12.7. The second kappa shape index (κ2) is 8.54. The Morgan fingerprint density at radius 1 is 1.16 bits per heavy atom. The molecule has 0 bridgehead atoms. The molecule has 1 unspecified atom stereocenters. The summed E-state index contributed by atoms with van der Waals surface area (Å²) < 4.78 is 1.20. The third-order valence-corrected chi connectivity index (χ3v) is 5.76. The fourth-order valence-corrected chi connectivity index (χ4v) is 4.12. The Kier molecular flexibility index (Phi) is 6.91. The van der Waals surface area contributed by atoms with Gasteiger partial charge in [0.2, 0.25) is 0 Å². The van der Waals surface area contributed by atoms with Gasteiger partial charge in [0.25, 0.3) is 0 Å². The van der Waals surface area contributed by atoms with Crippen molar-refractivity contribution in [3.63, 3.8) is 0 Å². The van der Waals surface area contributed by atoms with Gasteiger partial charge in [-0.05, 0) is 52.9 Å². The summed E-state index contributed by atoms with van der Waals surface area (Å²) in [4.78, 5) is 0. The van der Waals surface area contributed by atoms with Crippen LogP contribution in [0.1, 0.15) is 83.4 Å². The summed E-state index contributed by atoms with van der Waals surface area (Å²) in [6.45, 7) is 13.7. The number of halogens is 1. The van der Waals surface area contributed by atoms with Crippen LogP contribution in [-0.2, 0) is 5.41 Å². The van der Waals surface area contributed by atoms with Gasteiger partial charge in [-0.2, -0.15) is 0 Å². The Balaban J connectivity index is 2.66. The smallest absolute Gasteiger partial charge is 0.0138 e. The van der Waals surface area contributed by atoms with Crippen LogP contribution in [0.2, 0.25) is 0 Å². The Hall–Kier alpha value is -1.08. The van der Waals surface area contributed by atoms with Gasteiger partial charge in [-0.1, -0.05) is 100.0 Å². The molecule has 1 aromatic rings. The average molecular weight is 401 g/mol. The summed E-state index contributed by atoms with van der Waals surface area (Å²) in [5.41, 5.74) is 6.00. The number of rotatable bonds is 5. The molecule has 1 aliphatic rings. The predicted molar refractivity (Wildman–Crippen MR) is 116 cm³/mol. The zero-order valence-corrected chi connectivity index (χ0v) is 18.3. The van der Waals surface area contributed by atoms with Gasteiger partial charge in [-0.15, -0.1) is 0 Å². The van der Waals surface area contributed by atoms with Crippen LogP contribution in [0.5, 0.6) is 0 Å². The molecule has 0 radical (unpaired) electrons. The van der Waals surface area contributed by atoms with Gasteiger partial charge in [0.1, 0.15) is 0 Å². The van der Waals surface area contributed by atoms with E-state index in [2.05, 4.69) is 100.0 Å². The van der Waals surface area contributed by atoms with Gasteiger partial charge >= 0.3 is 0 Å². The van der Waals surface area contributed by atoms with Crippen molar-refractivity contribution < 1.29 is 0 Å². The van der Waals surface area contributed by atoms with E-state index in [0.717, 1.165) is 19.3 Å². The molecule has 0 fully saturated rings. The van der Waals surface area contributed by atoms with E-state index >= 15 is 0 Å². The number of hydrogen-bond acceptors (Lipinski definition) is 0. The maximum atomic E-state index is 3.71. The topological polar surface area (TPSA) is 0 Å². The number of allylic oxidation sites excluding steroid dienone is 6. The van der Waals surface area contributed by atoms with Crippen LogP contribution < -0.4 is 0 Å². The highest BCUT2D eigenvalue weighted by atomic mass is 79.9. The molecule has 0 N–H and O–H groups in total. The van der Waals surface area contributed by atoms with E-state index in [1.54, 1.807) is 0 Å². The first-order chi connectivity index (χ1) is 11.8. The molecule has 0 nitrogen and oxygen atoms in total. The normalized spacial score (nSPS) is 21.4. The molecule has 0 aliphatic heterocycles. The summed E-state index contributed by atoms with van der Waals surface area (Å²) in [6, 6.07) is 7.17. The fourth-order valence-electron chi connectivity index (χ4n) is 3.68. The molecule has 1 heteroatoms. The lowest BCUT2D eigenvalue weighted by Crippen LogP contribution is -2.16. The monoisotopic (exact) mass is 400 g/mol. The van der Waals surface area contributed by atoms with Crippen molar-refractivity contribution >= 4 is 21.5 Å². The Morgan fingerprint density at radius 2 is 1.88 bits per heavy atom. The van der Waals surface area contributed by atoms with Gasteiger partial charge in [0.15, 0.2) is 0 Å². The van der Waals surface area contributed by atoms with Crippen molar-refractivity contribution in [3.8, 4) is 0 Å². The SMILES string of the molecule is CC/C=C(\CC)c1ccc(C(C)(C)C)cc1[C@H]1C=C(Br)C=CC1CC. The van der Waals surface area contributed by atoms with Gasteiger partial charge in [-0.3, -0.25) is 0 Å². The average Bonchev–Trinajstić information content (AvgIpc) is 2.58. The van der Waals surface area contributed by atoms with E-state index in [-0.39, 0.29) is 5.41 Å². The second-order valence-electron chi connectivity index (χ2n) is 8.05. The van der Waals surface area contributed by atoms with Gasteiger partial charge in [0.05, 0.1) is 0 Å². The standard InChI is InChI=1S/C24H33Br/c1-7-10-17(8-2)21-14-12-19(24(4,5)6)15-23(21)22-16-20(25)13-11-18(22)9-3/h10-16,18,22H,7-9H2,1-6H3/b17-10+/t18?,22-/m0/s1. The van der Waals surface area contributed by atoms with Crippen LogP contribution in [0.3, 0.4) is 0 Å². The third kappa shape index (κ3) is 4.76. The zero-order valence-electron chi connectivity index (χ0n) is 16.7. The molecule has 2 atom stereocenters. The van der Waals surface area contributed by atoms with Crippen LogP contribution in [0.25, 0.3) is 5.57 Å². The van der Waals surface area contributed by atoms with E-state index in [1.807, 2.05) is 0 Å². The molecule has 0 heterocycles. The molecule has 0 spiro atoms. The van der Waals surface area contributed by atoms with E-state index in [9.17, 15) is 0 Å². The highest BCUT2D eigenvalue weighted by molar-refractivity contribution is 9.11. The van der Waals surface area contributed by atoms with Crippen molar-refractivity contribution in [1.29, 1.82) is 0 Å². The van der Waals surface area contributed by atoms with Crippen molar-refractivity contribution in [2.24, 2.45) is 5.92 Å². The van der Waals surface area contributed by atoms with E-state index in [4.69, 9.17) is 0 Å². The number of hydrogen-bond donors (Lipinski definition) is 0. The van der Waals surface area contributed by atoms with Crippen LogP contribution in [-0.4, -0.2) is 0 Å². The second-order valence-corrected chi connectivity index (χ2v) is 8.97. The summed E-state index contributed by atoms with van der Waals surface area (Å²) in [7, 11) is 0. The van der Waals surface area contributed by atoms with E-state index in [0.29, 0.717) is 11.8 Å². The molecular weight excluding hydrogens is 368 g/mol. The largest absolute Gasteiger partial charge is 0.0810 e. The first-order valence-electron chi connectivity index (χ1n) is 9.71. The molecule has 1 aliphatic carbocycles. The van der Waals surface area contributed by atoms with Gasteiger partial charge in [-0.25, -0.2) is 0 Å². The van der Waals surface area contributed by atoms with E-state index < -0.39 is 0 Å². The van der Waals surface area contributed by atoms with Crippen molar-refractivity contribution in [3.05, 3.63) is 63.7 Å². The fraction of sp³-hybridized carbons (Fsp3) is 0.500. The maximum absolute atomic E-state index is 3.71. The summed E-state index contributed by atoms with van der Waals surface area (Å²) >= 11 is 3.71. The predicted octanol–water partition coefficient (Wildman–Crippen LogP) is 8.15. The quantitative estimate of drug-likeness (QED) is 0.467. The Labute approximate surface area is 163 Å². The Morgan fingerprint density at radius 3 is 2.44 bits per heavy atom. The lowest BCUT2D eigenvalue weighted by molar-refractivity contribution is 0.551. The molecule has 0 saturated carbocycles. The maximum Gasteiger partial charge on any atom is 0.0138 e. The highest BCUT2D eigenvalue weighted by Gasteiger charge is 2.26. The minimum absolute atomic E-state index is 0.168. The molecule has 1 aromatic carbocycles. The van der Waals surface area contributed by atoms with Crippen LogP contribution in [0.4, 0.5) is 0 Å². The van der Waals surface area contributed by atoms with Crippen LogP contribution >= 0.6 is 15.9 Å². The zero-order chi connectivity index (χ0) is 18.6. The highest BCUT2D eigenvalue weighted by Crippen LogP contribution is 2.41. The molecule has 136 valence electrons. The van der Waals surface area contributed by atoms with Crippen molar-refractivity contribution in [1.82, 2.24) is 0 Å². The lowest BCUT2D eigenvalue weighted by Gasteiger charge is -2.30. The van der Waals surface area contributed by atoms with Crippen molar-refractivity contribution in [2.75, 3.05) is 0 Å². The summed E-state index contributed by atoms with van der Waals surface area (Å²) in [5, 5.41) is 0. The first-order valence-corrected chi connectivity index (χ1v) is 10.5. The Bertz CT molecular complexity index is 683. The van der Waals surface area contributed by atoms with Crippen molar-refractivity contribution in [2.45, 2.75) is 72.1 Å². The van der Waals surface area contributed by atoms with Gasteiger partial charge < -0.3 is 0 Å². The van der Waals surface area contributed by atoms with E-state index in [1.165, 1.54) is 26.7 Å². The van der Waals surface area contributed by atoms with Crippen LogP contribution in [0.15, 0.2) is 47.0 Å². The molecule has 2 rings (SSSR count). The minimum Gasteiger partial charge on any atom is -0.0810 e. The molecule has 0 aromatic heterocycles. The third-order valence-electron chi connectivity index (χ3n) is 5.23. The minimum atomic E-state index is 0.168. The first kappa shape index (κ1) is 20.2.